The first-order valence-electron chi connectivity index (χ1n) is 9.93. The normalized spacial score (nSPS) is 14.5. The molecule has 0 saturated heterocycles. The molecule has 2 aromatic rings. The van der Waals surface area contributed by atoms with Crippen LogP contribution in [0.25, 0.3) is 0 Å². The van der Waals surface area contributed by atoms with Crippen LogP contribution in [0.2, 0.25) is 0 Å². The van der Waals surface area contributed by atoms with E-state index in [9.17, 15) is 26.7 Å². The molecule has 0 fully saturated rings. The van der Waals surface area contributed by atoms with E-state index in [0.717, 1.165) is 17.4 Å². The van der Waals surface area contributed by atoms with Crippen molar-refractivity contribution in [2.24, 2.45) is 0 Å². The van der Waals surface area contributed by atoms with Crippen LogP contribution in [0.4, 0.5) is 13.2 Å². The second-order valence-electron chi connectivity index (χ2n) is 7.96. The fourth-order valence-electron chi connectivity index (χ4n) is 2.92. The van der Waals surface area contributed by atoms with Gasteiger partial charge in [0.05, 0.1) is 12.9 Å². The first-order valence-corrected chi connectivity index (χ1v) is 11.7. The summed E-state index contributed by atoms with van der Waals surface area (Å²) in [6.07, 6.45) is -7.43. The molecule has 0 aliphatic heterocycles. The molecule has 0 spiro atoms. The van der Waals surface area contributed by atoms with Gasteiger partial charge in [0.1, 0.15) is 30.8 Å². The van der Waals surface area contributed by atoms with E-state index < -0.39 is 47.1 Å². The molecule has 0 aliphatic rings. The maximum absolute atomic E-state index is 12.4. The summed E-state index contributed by atoms with van der Waals surface area (Å²) in [5.74, 6) is 0.661. The average molecular weight is 493 g/mol. The maximum atomic E-state index is 12.4. The fourth-order valence-corrected chi connectivity index (χ4v) is 3.53. The Labute approximate surface area is 190 Å². The Bertz CT molecular complexity index is 988. The number of hydrogen-bond donors (Lipinski definition) is 2. The summed E-state index contributed by atoms with van der Waals surface area (Å²) in [7, 11) is -3.73. The first kappa shape index (κ1) is 26.9. The van der Waals surface area contributed by atoms with E-state index in [1.54, 1.807) is 24.3 Å². The van der Waals surface area contributed by atoms with E-state index in [1.807, 2.05) is 26.0 Å². The number of rotatable bonds is 11. The highest BCUT2D eigenvalue weighted by Gasteiger charge is 2.38. The van der Waals surface area contributed by atoms with Crippen molar-refractivity contribution in [3.8, 4) is 11.5 Å². The molecule has 33 heavy (non-hydrogen) atoms. The van der Waals surface area contributed by atoms with Crippen LogP contribution in [-0.4, -0.2) is 63.1 Å². The summed E-state index contributed by atoms with van der Waals surface area (Å²) in [6, 6.07) is 13.6. The standard InChI is InChI=1S/C22H27F3O7S/c1-21(2,16-6-10-18(11-7-16)31-14-20(27)22(23,24)25)15-4-8-17(9-5-15)30-13-19(12-26)32-33(3,28)29/h4-11,19-20,26-27H,12-14H2,1-3H3. The summed E-state index contributed by atoms with van der Waals surface area (Å²) in [5.41, 5.74) is 1.33. The lowest BCUT2D eigenvalue weighted by molar-refractivity contribution is -0.210. The topological polar surface area (TPSA) is 102 Å². The van der Waals surface area contributed by atoms with Gasteiger partial charge in [-0.1, -0.05) is 38.1 Å². The molecule has 2 unspecified atom stereocenters. The molecular formula is C22H27F3O7S. The molecule has 0 amide bonds. The number of aliphatic hydroxyl groups excluding tert-OH is 2. The van der Waals surface area contributed by atoms with Crippen LogP contribution in [-0.2, 0) is 19.7 Å². The highest BCUT2D eigenvalue weighted by Crippen LogP contribution is 2.33. The Balaban J connectivity index is 2.01. The molecule has 0 saturated carbocycles. The minimum atomic E-state index is -4.74. The Morgan fingerprint density at radius 1 is 0.879 bits per heavy atom. The number of halogens is 3. The number of benzene rings is 2. The second-order valence-corrected chi connectivity index (χ2v) is 9.56. The van der Waals surface area contributed by atoms with Gasteiger partial charge in [0.25, 0.3) is 10.1 Å². The van der Waals surface area contributed by atoms with Crippen LogP contribution >= 0.6 is 0 Å². The van der Waals surface area contributed by atoms with E-state index in [0.29, 0.717) is 5.75 Å². The van der Waals surface area contributed by atoms with E-state index in [4.69, 9.17) is 18.8 Å². The highest BCUT2D eigenvalue weighted by atomic mass is 32.2. The predicted molar refractivity (Wildman–Crippen MR) is 115 cm³/mol. The monoisotopic (exact) mass is 492 g/mol. The van der Waals surface area contributed by atoms with Crippen LogP contribution in [0.15, 0.2) is 48.5 Å². The summed E-state index contributed by atoms with van der Waals surface area (Å²) < 4.78 is 74.7. The first-order chi connectivity index (χ1) is 15.2. The van der Waals surface area contributed by atoms with Gasteiger partial charge in [-0.25, -0.2) is 0 Å². The van der Waals surface area contributed by atoms with Crippen LogP contribution < -0.4 is 9.47 Å². The van der Waals surface area contributed by atoms with Gasteiger partial charge in [0.2, 0.25) is 0 Å². The minimum absolute atomic E-state index is 0.156. The van der Waals surface area contributed by atoms with Gasteiger partial charge in [-0.15, -0.1) is 0 Å². The quantitative estimate of drug-likeness (QED) is 0.465. The van der Waals surface area contributed by atoms with Crippen molar-refractivity contribution in [2.45, 2.75) is 37.6 Å². The van der Waals surface area contributed by atoms with Gasteiger partial charge in [0.15, 0.2) is 6.10 Å². The van der Waals surface area contributed by atoms with Gasteiger partial charge >= 0.3 is 6.18 Å². The van der Waals surface area contributed by atoms with E-state index in [1.165, 1.54) is 12.1 Å². The summed E-state index contributed by atoms with van der Waals surface area (Å²) in [4.78, 5) is 0. The largest absolute Gasteiger partial charge is 0.491 e. The Morgan fingerprint density at radius 2 is 1.30 bits per heavy atom. The van der Waals surface area contributed by atoms with Gasteiger partial charge in [-0.2, -0.15) is 21.6 Å². The summed E-state index contributed by atoms with van der Waals surface area (Å²) in [5, 5.41) is 18.2. The molecule has 2 N–H and O–H groups in total. The molecule has 0 heterocycles. The highest BCUT2D eigenvalue weighted by molar-refractivity contribution is 7.86. The van der Waals surface area contributed by atoms with Crippen molar-refractivity contribution in [3.63, 3.8) is 0 Å². The zero-order valence-corrected chi connectivity index (χ0v) is 19.2. The van der Waals surface area contributed by atoms with Crippen molar-refractivity contribution in [3.05, 3.63) is 59.7 Å². The van der Waals surface area contributed by atoms with Crippen molar-refractivity contribution < 1.29 is 45.5 Å². The molecule has 2 atom stereocenters. The lowest BCUT2D eigenvalue weighted by Gasteiger charge is -2.26. The molecule has 7 nitrogen and oxygen atoms in total. The Kier molecular flexibility index (Phi) is 8.75. The van der Waals surface area contributed by atoms with E-state index in [2.05, 4.69) is 0 Å². The molecule has 2 rings (SSSR count). The van der Waals surface area contributed by atoms with Crippen LogP contribution in [0.1, 0.15) is 25.0 Å². The average Bonchev–Trinajstić information content (AvgIpc) is 2.74. The lowest BCUT2D eigenvalue weighted by Crippen LogP contribution is -2.34. The number of alkyl halides is 3. The van der Waals surface area contributed by atoms with Gasteiger partial charge in [-0.05, 0) is 35.4 Å². The summed E-state index contributed by atoms with van der Waals surface area (Å²) >= 11 is 0. The molecule has 0 bridgehead atoms. The molecule has 11 heteroatoms. The van der Waals surface area contributed by atoms with Crippen LogP contribution in [0.3, 0.4) is 0 Å². The number of hydrogen-bond acceptors (Lipinski definition) is 7. The fraction of sp³-hybridized carbons (Fsp3) is 0.455. The maximum Gasteiger partial charge on any atom is 0.417 e. The Hall–Kier alpha value is -2.34. The molecule has 184 valence electrons. The number of aliphatic hydroxyl groups is 2. The van der Waals surface area contributed by atoms with Crippen molar-refractivity contribution in [2.75, 3.05) is 26.1 Å². The predicted octanol–water partition coefficient (Wildman–Crippen LogP) is 3.03. The second kappa shape index (κ2) is 10.7. The zero-order valence-electron chi connectivity index (χ0n) is 18.4. The third kappa shape index (κ3) is 8.18. The molecule has 0 aromatic heterocycles. The van der Waals surface area contributed by atoms with Gasteiger partial charge in [-0.3, -0.25) is 4.18 Å². The smallest absolute Gasteiger partial charge is 0.417 e. The Morgan fingerprint density at radius 3 is 1.67 bits per heavy atom. The molecule has 0 aliphatic carbocycles. The molecule has 2 aromatic carbocycles. The van der Waals surface area contributed by atoms with Crippen LogP contribution in [0, 0.1) is 0 Å². The third-order valence-corrected chi connectivity index (χ3v) is 5.51. The van der Waals surface area contributed by atoms with Crippen molar-refractivity contribution in [1.82, 2.24) is 0 Å². The summed E-state index contributed by atoms with van der Waals surface area (Å²) in [6.45, 7) is 2.37. The van der Waals surface area contributed by atoms with Crippen molar-refractivity contribution in [1.29, 1.82) is 0 Å². The van der Waals surface area contributed by atoms with Gasteiger partial charge in [0, 0.05) is 5.41 Å². The zero-order chi connectivity index (χ0) is 24.9. The van der Waals surface area contributed by atoms with E-state index in [-0.39, 0.29) is 12.4 Å². The van der Waals surface area contributed by atoms with Crippen LogP contribution in [0.5, 0.6) is 11.5 Å². The third-order valence-electron chi connectivity index (χ3n) is 4.89. The lowest BCUT2D eigenvalue weighted by atomic mass is 9.78. The minimum Gasteiger partial charge on any atom is -0.491 e. The SMILES string of the molecule is CC(C)(c1ccc(OCC(CO)OS(C)(=O)=O)cc1)c1ccc(OCC(O)C(F)(F)F)cc1. The van der Waals surface area contributed by atoms with Crippen molar-refractivity contribution >= 4 is 10.1 Å². The molecule has 0 radical (unpaired) electrons. The van der Waals surface area contributed by atoms with Gasteiger partial charge < -0.3 is 19.7 Å². The molecular weight excluding hydrogens is 465 g/mol. The van der Waals surface area contributed by atoms with E-state index >= 15 is 0 Å². The number of ether oxygens (including phenoxy) is 2.